The maximum Gasteiger partial charge on any atom is 0.263 e. The summed E-state index contributed by atoms with van der Waals surface area (Å²) in [4.78, 5) is 12.8. The van der Waals surface area contributed by atoms with Gasteiger partial charge in [0, 0.05) is 12.4 Å². The third-order valence-corrected chi connectivity index (χ3v) is 3.61. The zero-order valence-electron chi connectivity index (χ0n) is 9.13. The van der Waals surface area contributed by atoms with Crippen molar-refractivity contribution in [2.75, 3.05) is 13.2 Å². The minimum Gasteiger partial charge on any atom is -0.377 e. The molecule has 0 bridgehead atoms. The smallest absolute Gasteiger partial charge is 0.263 e. The summed E-state index contributed by atoms with van der Waals surface area (Å²) in [6.45, 7) is 1.24. The van der Waals surface area contributed by atoms with E-state index in [0.717, 1.165) is 10.6 Å². The number of amides is 1. The molecule has 0 atom stereocenters. The SMILES string of the molecule is O=C(NC1COC1)c1sccc1-n1cccc1. The van der Waals surface area contributed by atoms with Crippen LogP contribution in [-0.4, -0.2) is 29.7 Å². The number of nitrogens with one attached hydrogen (secondary N) is 1. The van der Waals surface area contributed by atoms with E-state index in [-0.39, 0.29) is 11.9 Å². The van der Waals surface area contributed by atoms with E-state index in [1.54, 1.807) is 0 Å². The van der Waals surface area contributed by atoms with Gasteiger partial charge in [-0.25, -0.2) is 0 Å². The van der Waals surface area contributed by atoms with Gasteiger partial charge < -0.3 is 14.6 Å². The van der Waals surface area contributed by atoms with Crippen LogP contribution in [0.2, 0.25) is 0 Å². The van der Waals surface area contributed by atoms with Gasteiger partial charge >= 0.3 is 0 Å². The summed E-state index contributed by atoms with van der Waals surface area (Å²) < 4.78 is 6.99. The first-order valence-electron chi connectivity index (χ1n) is 5.44. The molecule has 0 unspecified atom stereocenters. The van der Waals surface area contributed by atoms with Crippen LogP contribution in [0.5, 0.6) is 0 Å². The average molecular weight is 248 g/mol. The molecule has 0 aliphatic carbocycles. The fraction of sp³-hybridized carbons (Fsp3) is 0.250. The Hall–Kier alpha value is -1.59. The topological polar surface area (TPSA) is 43.3 Å². The molecule has 1 N–H and O–H groups in total. The van der Waals surface area contributed by atoms with E-state index in [1.807, 2.05) is 40.5 Å². The number of hydrogen-bond acceptors (Lipinski definition) is 3. The number of rotatable bonds is 3. The second kappa shape index (κ2) is 4.35. The number of hydrogen-bond donors (Lipinski definition) is 1. The third kappa shape index (κ3) is 1.99. The predicted molar refractivity (Wildman–Crippen MR) is 65.7 cm³/mol. The van der Waals surface area contributed by atoms with Crippen molar-refractivity contribution in [1.29, 1.82) is 0 Å². The van der Waals surface area contributed by atoms with E-state index in [4.69, 9.17) is 4.74 Å². The molecule has 0 saturated carbocycles. The molecule has 5 heteroatoms. The summed E-state index contributed by atoms with van der Waals surface area (Å²) in [5.74, 6) is -0.0167. The Morgan fingerprint density at radius 1 is 1.41 bits per heavy atom. The first-order chi connectivity index (χ1) is 8.34. The predicted octanol–water partition coefficient (Wildman–Crippen LogP) is 1.67. The van der Waals surface area contributed by atoms with Crippen molar-refractivity contribution in [3.63, 3.8) is 0 Å². The molecule has 1 amide bonds. The van der Waals surface area contributed by atoms with Crippen molar-refractivity contribution in [1.82, 2.24) is 9.88 Å². The third-order valence-electron chi connectivity index (χ3n) is 2.71. The summed E-state index contributed by atoms with van der Waals surface area (Å²) in [5.41, 5.74) is 0.928. The van der Waals surface area contributed by atoms with Crippen LogP contribution >= 0.6 is 11.3 Å². The van der Waals surface area contributed by atoms with Crippen LogP contribution in [0.15, 0.2) is 36.0 Å². The minimum atomic E-state index is -0.0167. The van der Waals surface area contributed by atoms with Crippen molar-refractivity contribution in [2.24, 2.45) is 0 Å². The lowest BCUT2D eigenvalue weighted by Crippen LogP contribution is -2.48. The van der Waals surface area contributed by atoms with Crippen LogP contribution < -0.4 is 5.32 Å². The fourth-order valence-electron chi connectivity index (χ4n) is 1.74. The molecule has 3 rings (SSSR count). The quantitative estimate of drug-likeness (QED) is 0.898. The standard InChI is InChI=1S/C12H12N2O2S/c15-12(13-9-7-16-8-9)11-10(3-6-17-11)14-4-1-2-5-14/h1-6,9H,7-8H2,(H,13,15). The zero-order chi connectivity index (χ0) is 11.7. The lowest BCUT2D eigenvalue weighted by molar-refractivity contribution is -0.00338. The maximum atomic E-state index is 12.1. The number of aromatic nitrogens is 1. The highest BCUT2D eigenvalue weighted by atomic mass is 32.1. The van der Waals surface area contributed by atoms with Crippen LogP contribution in [0.25, 0.3) is 5.69 Å². The van der Waals surface area contributed by atoms with Gasteiger partial charge in [0.2, 0.25) is 0 Å². The van der Waals surface area contributed by atoms with Gasteiger partial charge in [-0.1, -0.05) is 0 Å². The number of nitrogens with zero attached hydrogens (tertiary/aromatic N) is 1. The Morgan fingerprint density at radius 2 is 2.18 bits per heavy atom. The molecule has 88 valence electrons. The Balaban J connectivity index is 1.83. The van der Waals surface area contributed by atoms with Crippen LogP contribution in [0.1, 0.15) is 9.67 Å². The first-order valence-corrected chi connectivity index (χ1v) is 6.32. The molecule has 0 radical (unpaired) electrons. The molecule has 4 nitrogen and oxygen atoms in total. The second-order valence-corrected chi connectivity index (χ2v) is 4.85. The molecule has 1 aliphatic heterocycles. The molecule has 17 heavy (non-hydrogen) atoms. The summed E-state index contributed by atoms with van der Waals surface area (Å²) in [6.07, 6.45) is 3.87. The van der Waals surface area contributed by atoms with Crippen molar-refractivity contribution >= 4 is 17.2 Å². The lowest BCUT2D eigenvalue weighted by Gasteiger charge is -2.26. The van der Waals surface area contributed by atoms with Crippen molar-refractivity contribution < 1.29 is 9.53 Å². The van der Waals surface area contributed by atoms with Crippen LogP contribution in [0.3, 0.4) is 0 Å². The van der Waals surface area contributed by atoms with E-state index >= 15 is 0 Å². The van der Waals surface area contributed by atoms with Gasteiger partial charge in [0.1, 0.15) is 4.88 Å². The average Bonchev–Trinajstić information content (AvgIpc) is 2.91. The number of carbonyl (C=O) groups excluding carboxylic acids is 1. The maximum absolute atomic E-state index is 12.1. The molecule has 2 aromatic heterocycles. The molecule has 3 heterocycles. The molecule has 1 fully saturated rings. The van der Waals surface area contributed by atoms with Crippen LogP contribution in [0.4, 0.5) is 0 Å². The zero-order valence-corrected chi connectivity index (χ0v) is 9.94. The normalized spacial score (nSPS) is 15.5. The van der Waals surface area contributed by atoms with Gasteiger partial charge in [-0.2, -0.15) is 0 Å². The van der Waals surface area contributed by atoms with E-state index < -0.39 is 0 Å². The Morgan fingerprint density at radius 3 is 2.82 bits per heavy atom. The van der Waals surface area contributed by atoms with Crippen molar-refractivity contribution in [2.45, 2.75) is 6.04 Å². The summed E-state index contributed by atoms with van der Waals surface area (Å²) in [5, 5.41) is 4.89. The molecular formula is C12H12N2O2S. The molecule has 1 saturated heterocycles. The van der Waals surface area contributed by atoms with Crippen molar-refractivity contribution in [3.8, 4) is 5.69 Å². The highest BCUT2D eigenvalue weighted by Crippen LogP contribution is 2.21. The fourth-order valence-corrected chi connectivity index (χ4v) is 2.53. The Labute approximate surface area is 103 Å². The molecular weight excluding hydrogens is 236 g/mol. The minimum absolute atomic E-state index is 0.0167. The highest BCUT2D eigenvalue weighted by molar-refractivity contribution is 7.12. The number of thiophene rings is 1. The van der Waals surface area contributed by atoms with Crippen molar-refractivity contribution in [3.05, 3.63) is 40.8 Å². The van der Waals surface area contributed by atoms with Gasteiger partial charge in [0.05, 0.1) is 24.9 Å². The Bertz CT molecular complexity index is 514. The van der Waals surface area contributed by atoms with E-state index in [1.165, 1.54) is 11.3 Å². The second-order valence-electron chi connectivity index (χ2n) is 3.93. The van der Waals surface area contributed by atoms with Crippen LogP contribution in [0, 0.1) is 0 Å². The molecule has 2 aromatic rings. The van der Waals surface area contributed by atoms with Crippen LogP contribution in [-0.2, 0) is 4.74 Å². The molecule has 0 aromatic carbocycles. The number of carbonyl (C=O) groups is 1. The molecule has 0 spiro atoms. The number of ether oxygens (including phenoxy) is 1. The van der Waals surface area contributed by atoms with E-state index in [2.05, 4.69) is 5.32 Å². The first kappa shape index (κ1) is 10.6. The van der Waals surface area contributed by atoms with E-state index in [9.17, 15) is 4.79 Å². The highest BCUT2D eigenvalue weighted by Gasteiger charge is 2.23. The molecule has 1 aliphatic rings. The van der Waals surface area contributed by atoms with Gasteiger partial charge in [-0.3, -0.25) is 4.79 Å². The lowest BCUT2D eigenvalue weighted by atomic mass is 10.2. The van der Waals surface area contributed by atoms with Gasteiger partial charge in [0.15, 0.2) is 0 Å². The Kier molecular flexibility index (Phi) is 2.70. The summed E-state index contributed by atoms with van der Waals surface area (Å²) in [6, 6.07) is 6.01. The van der Waals surface area contributed by atoms with Gasteiger partial charge in [0.25, 0.3) is 5.91 Å². The summed E-state index contributed by atoms with van der Waals surface area (Å²) in [7, 11) is 0. The van der Waals surface area contributed by atoms with E-state index in [0.29, 0.717) is 13.2 Å². The van der Waals surface area contributed by atoms with Gasteiger partial charge in [-0.15, -0.1) is 11.3 Å². The summed E-state index contributed by atoms with van der Waals surface area (Å²) >= 11 is 1.46. The van der Waals surface area contributed by atoms with Gasteiger partial charge in [-0.05, 0) is 23.6 Å². The largest absolute Gasteiger partial charge is 0.377 e. The monoisotopic (exact) mass is 248 g/mol.